The molecule has 0 aliphatic heterocycles. The number of rotatable bonds is 5. The first-order valence-electron chi connectivity index (χ1n) is 5.85. The van der Waals surface area contributed by atoms with E-state index in [1.54, 1.807) is 0 Å². The minimum atomic E-state index is -4.14. The number of nitrogens with zero attached hydrogens (tertiary/aromatic N) is 1. The summed E-state index contributed by atoms with van der Waals surface area (Å²) in [6.45, 7) is 3.93. The Morgan fingerprint density at radius 2 is 1.89 bits per heavy atom. The molecule has 18 heavy (non-hydrogen) atoms. The molecule has 0 heterocycles. The quantitative estimate of drug-likeness (QED) is 0.819. The molecule has 0 amide bonds. The highest BCUT2D eigenvalue weighted by atomic mass is 19.4. The molecule has 0 unspecified atom stereocenters. The number of nitrogens with one attached hydrogen (secondary N) is 1. The van der Waals surface area contributed by atoms with Crippen molar-refractivity contribution in [3.05, 3.63) is 29.3 Å². The summed E-state index contributed by atoms with van der Waals surface area (Å²) in [6.07, 6.45) is -4.14. The molecular formula is C13H19F3N2. The maximum Gasteiger partial charge on any atom is 0.401 e. The Morgan fingerprint density at radius 1 is 1.22 bits per heavy atom. The van der Waals surface area contributed by atoms with Crippen LogP contribution < -0.4 is 10.2 Å². The van der Waals surface area contributed by atoms with Gasteiger partial charge in [0.15, 0.2) is 0 Å². The lowest BCUT2D eigenvalue weighted by Crippen LogP contribution is -2.35. The molecule has 0 aliphatic rings. The second-order valence-electron chi connectivity index (χ2n) is 4.50. The zero-order chi connectivity index (χ0) is 13.8. The van der Waals surface area contributed by atoms with Gasteiger partial charge < -0.3 is 10.2 Å². The summed E-state index contributed by atoms with van der Waals surface area (Å²) < 4.78 is 35.8. The third kappa shape index (κ3) is 4.96. The summed E-state index contributed by atoms with van der Waals surface area (Å²) in [6, 6.07) is 6.06. The van der Waals surface area contributed by atoms with Gasteiger partial charge in [-0.1, -0.05) is 17.7 Å². The van der Waals surface area contributed by atoms with E-state index in [9.17, 15) is 13.2 Å². The molecule has 0 atom stereocenters. The van der Waals surface area contributed by atoms with Gasteiger partial charge in [0.05, 0.1) is 6.54 Å². The highest BCUT2D eigenvalue weighted by molar-refractivity contribution is 5.53. The van der Waals surface area contributed by atoms with Gasteiger partial charge in [0, 0.05) is 25.8 Å². The van der Waals surface area contributed by atoms with Crippen LogP contribution in [0, 0.1) is 13.8 Å². The third-order valence-corrected chi connectivity index (χ3v) is 2.71. The maximum atomic E-state index is 11.9. The van der Waals surface area contributed by atoms with Gasteiger partial charge in [-0.15, -0.1) is 0 Å². The van der Waals surface area contributed by atoms with E-state index in [2.05, 4.69) is 11.4 Å². The predicted molar refractivity (Wildman–Crippen MR) is 68.1 cm³/mol. The van der Waals surface area contributed by atoms with Gasteiger partial charge in [-0.25, -0.2) is 0 Å². The Morgan fingerprint density at radius 3 is 2.44 bits per heavy atom. The van der Waals surface area contributed by atoms with E-state index >= 15 is 0 Å². The smallest absolute Gasteiger partial charge is 0.373 e. The molecule has 102 valence electrons. The van der Waals surface area contributed by atoms with Crippen LogP contribution in [0.3, 0.4) is 0 Å². The molecule has 1 rings (SSSR count). The summed E-state index contributed by atoms with van der Waals surface area (Å²) in [5.74, 6) is 0. The van der Waals surface area contributed by atoms with Crippen molar-refractivity contribution in [2.75, 3.05) is 31.6 Å². The lowest BCUT2D eigenvalue weighted by Gasteiger charge is -2.22. The highest BCUT2D eigenvalue weighted by Crippen LogP contribution is 2.19. The van der Waals surface area contributed by atoms with Crippen molar-refractivity contribution in [3.63, 3.8) is 0 Å². The van der Waals surface area contributed by atoms with Crippen molar-refractivity contribution in [2.24, 2.45) is 0 Å². The molecule has 5 heteroatoms. The Balaban J connectivity index is 2.43. The number of alkyl halides is 3. The fraction of sp³-hybridized carbons (Fsp3) is 0.538. The highest BCUT2D eigenvalue weighted by Gasteiger charge is 2.25. The van der Waals surface area contributed by atoms with Crippen LogP contribution in [0.2, 0.25) is 0 Å². The van der Waals surface area contributed by atoms with E-state index in [4.69, 9.17) is 0 Å². The first-order chi connectivity index (χ1) is 8.29. The van der Waals surface area contributed by atoms with Crippen molar-refractivity contribution >= 4 is 5.69 Å². The van der Waals surface area contributed by atoms with Crippen molar-refractivity contribution in [2.45, 2.75) is 20.0 Å². The van der Waals surface area contributed by atoms with Crippen molar-refractivity contribution in [1.29, 1.82) is 0 Å². The van der Waals surface area contributed by atoms with Crippen LogP contribution in [-0.2, 0) is 0 Å². The van der Waals surface area contributed by atoms with Crippen LogP contribution in [-0.4, -0.2) is 32.9 Å². The third-order valence-electron chi connectivity index (χ3n) is 2.71. The van der Waals surface area contributed by atoms with Crippen molar-refractivity contribution in [3.8, 4) is 0 Å². The van der Waals surface area contributed by atoms with Gasteiger partial charge in [-0.2, -0.15) is 13.2 Å². The number of anilines is 1. The molecule has 0 aliphatic carbocycles. The number of aryl methyl sites for hydroxylation is 2. The fourth-order valence-electron chi connectivity index (χ4n) is 1.83. The van der Waals surface area contributed by atoms with Gasteiger partial charge in [0.2, 0.25) is 0 Å². The summed E-state index contributed by atoms with van der Waals surface area (Å²) in [4.78, 5) is 1.96. The lowest BCUT2D eigenvalue weighted by molar-refractivity contribution is -0.124. The SMILES string of the molecule is Cc1ccc(N(C)CCNCC(F)(F)F)c(C)c1. The normalized spacial score (nSPS) is 11.7. The van der Waals surface area contributed by atoms with E-state index in [0.29, 0.717) is 13.1 Å². The van der Waals surface area contributed by atoms with Crippen LogP contribution >= 0.6 is 0 Å². The monoisotopic (exact) mass is 260 g/mol. The Bertz CT molecular complexity index is 388. The average molecular weight is 260 g/mol. The van der Waals surface area contributed by atoms with Gasteiger partial charge >= 0.3 is 6.18 Å². The molecule has 0 radical (unpaired) electrons. The van der Waals surface area contributed by atoms with Crippen LogP contribution in [0.1, 0.15) is 11.1 Å². The van der Waals surface area contributed by atoms with Crippen LogP contribution in [0.5, 0.6) is 0 Å². The zero-order valence-corrected chi connectivity index (χ0v) is 10.9. The van der Waals surface area contributed by atoms with Gasteiger partial charge in [0.25, 0.3) is 0 Å². The molecule has 1 aromatic carbocycles. The van der Waals surface area contributed by atoms with E-state index in [-0.39, 0.29) is 0 Å². The Kier molecular flexibility index (Phi) is 5.02. The number of halogens is 3. The predicted octanol–water partition coefficient (Wildman–Crippen LogP) is 2.89. The average Bonchev–Trinajstić information content (AvgIpc) is 2.22. The molecule has 0 fully saturated rings. The largest absolute Gasteiger partial charge is 0.401 e. The van der Waals surface area contributed by atoms with Gasteiger partial charge in [0.1, 0.15) is 0 Å². The van der Waals surface area contributed by atoms with Crippen LogP contribution in [0.4, 0.5) is 18.9 Å². The Labute approximate surface area is 106 Å². The van der Waals surface area contributed by atoms with Crippen LogP contribution in [0.25, 0.3) is 0 Å². The zero-order valence-electron chi connectivity index (χ0n) is 10.9. The maximum absolute atomic E-state index is 11.9. The number of hydrogen-bond acceptors (Lipinski definition) is 2. The summed E-state index contributed by atoms with van der Waals surface area (Å²) in [5.41, 5.74) is 3.36. The molecule has 1 aromatic rings. The summed E-state index contributed by atoms with van der Waals surface area (Å²) >= 11 is 0. The fourth-order valence-corrected chi connectivity index (χ4v) is 1.83. The molecule has 0 saturated heterocycles. The summed E-state index contributed by atoms with van der Waals surface area (Å²) in [7, 11) is 1.88. The topological polar surface area (TPSA) is 15.3 Å². The summed E-state index contributed by atoms with van der Waals surface area (Å²) in [5, 5.41) is 2.39. The van der Waals surface area contributed by atoms with Gasteiger partial charge in [-0.3, -0.25) is 0 Å². The molecule has 0 spiro atoms. The number of likely N-dealkylation sites (N-methyl/N-ethyl adjacent to an activating group) is 1. The number of benzene rings is 1. The van der Waals surface area contributed by atoms with E-state index in [0.717, 1.165) is 11.3 Å². The molecule has 0 saturated carbocycles. The van der Waals surface area contributed by atoms with E-state index in [1.165, 1.54) is 5.56 Å². The molecule has 1 N–H and O–H groups in total. The van der Waals surface area contributed by atoms with Crippen molar-refractivity contribution < 1.29 is 13.2 Å². The second-order valence-corrected chi connectivity index (χ2v) is 4.50. The van der Waals surface area contributed by atoms with Gasteiger partial charge in [-0.05, 0) is 25.5 Å². The van der Waals surface area contributed by atoms with E-state index < -0.39 is 12.7 Å². The second kappa shape index (κ2) is 6.09. The molecule has 2 nitrogen and oxygen atoms in total. The molecule has 0 aromatic heterocycles. The minimum absolute atomic E-state index is 0.309. The number of hydrogen-bond donors (Lipinski definition) is 1. The van der Waals surface area contributed by atoms with Crippen LogP contribution in [0.15, 0.2) is 18.2 Å². The first kappa shape index (κ1) is 14.8. The molecule has 0 bridgehead atoms. The molecular weight excluding hydrogens is 241 g/mol. The van der Waals surface area contributed by atoms with E-state index in [1.807, 2.05) is 37.9 Å². The Hall–Kier alpha value is -1.23. The lowest BCUT2D eigenvalue weighted by atomic mass is 10.1. The minimum Gasteiger partial charge on any atom is -0.373 e. The van der Waals surface area contributed by atoms with Crippen molar-refractivity contribution in [1.82, 2.24) is 5.32 Å². The standard InChI is InChI=1S/C13H19F3N2/c1-10-4-5-12(11(2)8-10)18(3)7-6-17-9-13(14,15)16/h4-5,8,17H,6-7,9H2,1-3H3. The first-order valence-corrected chi connectivity index (χ1v) is 5.85.